The van der Waals surface area contributed by atoms with E-state index in [9.17, 15) is 13.6 Å². The van der Waals surface area contributed by atoms with Crippen LogP contribution in [0.3, 0.4) is 0 Å². The minimum Gasteiger partial charge on any atom is -0.371 e. The van der Waals surface area contributed by atoms with E-state index < -0.39 is 19.0 Å². The van der Waals surface area contributed by atoms with Gasteiger partial charge in [0.2, 0.25) is 5.91 Å². The molecule has 0 aliphatic carbocycles. The van der Waals surface area contributed by atoms with Crippen molar-refractivity contribution >= 4 is 11.6 Å². The Balaban J connectivity index is 2.54. The van der Waals surface area contributed by atoms with Gasteiger partial charge >= 0.3 is 0 Å². The van der Waals surface area contributed by atoms with E-state index in [0.717, 1.165) is 4.68 Å². The molecule has 1 atom stereocenters. The average Bonchev–Trinajstić information content (AvgIpc) is 2.61. The van der Waals surface area contributed by atoms with Crippen molar-refractivity contribution in [2.24, 2.45) is 0 Å². The third-order valence-corrected chi connectivity index (χ3v) is 2.23. The smallest absolute Gasteiger partial charge is 0.257 e. The van der Waals surface area contributed by atoms with Crippen molar-refractivity contribution in [2.75, 3.05) is 5.32 Å². The van der Waals surface area contributed by atoms with Gasteiger partial charge in [-0.2, -0.15) is 5.10 Å². The van der Waals surface area contributed by atoms with Crippen molar-refractivity contribution in [3.05, 3.63) is 12.4 Å². The van der Waals surface area contributed by atoms with Crippen LogP contribution in [0.1, 0.15) is 27.7 Å². The molecule has 1 rings (SSSR count). The van der Waals surface area contributed by atoms with Crippen LogP contribution in [0.2, 0.25) is 0 Å². The van der Waals surface area contributed by atoms with Gasteiger partial charge in [-0.05, 0) is 27.7 Å². The highest BCUT2D eigenvalue weighted by Crippen LogP contribution is 2.09. The monoisotopic (exact) mass is 274 g/mol. The number of nitrogens with one attached hydrogen (secondary N) is 2. The fourth-order valence-electron chi connectivity index (χ4n) is 1.47. The minimum atomic E-state index is -2.45. The second kappa shape index (κ2) is 5.99. The molecule has 0 fully saturated rings. The molecule has 0 spiro atoms. The number of halogens is 2. The molecule has 5 nitrogen and oxygen atoms in total. The molecule has 0 bridgehead atoms. The highest BCUT2D eigenvalue weighted by atomic mass is 19.3. The van der Waals surface area contributed by atoms with Gasteiger partial charge in [0.15, 0.2) is 0 Å². The van der Waals surface area contributed by atoms with E-state index in [1.165, 1.54) is 12.4 Å². The topological polar surface area (TPSA) is 59.0 Å². The van der Waals surface area contributed by atoms with Gasteiger partial charge in [0.05, 0.1) is 11.9 Å². The molecular formula is C12H20F2N4O. The number of hydrogen-bond donors (Lipinski definition) is 2. The summed E-state index contributed by atoms with van der Waals surface area (Å²) in [5, 5.41) is 9.53. The van der Waals surface area contributed by atoms with Crippen molar-refractivity contribution in [1.29, 1.82) is 0 Å². The van der Waals surface area contributed by atoms with Gasteiger partial charge < -0.3 is 10.6 Å². The maximum Gasteiger partial charge on any atom is 0.257 e. The van der Waals surface area contributed by atoms with Crippen LogP contribution in [0, 0.1) is 0 Å². The van der Waals surface area contributed by atoms with Crippen LogP contribution in [0.5, 0.6) is 0 Å². The molecule has 1 aromatic rings. The van der Waals surface area contributed by atoms with Crippen molar-refractivity contribution in [3.63, 3.8) is 0 Å². The first-order valence-electron chi connectivity index (χ1n) is 6.06. The van der Waals surface area contributed by atoms with Crippen molar-refractivity contribution < 1.29 is 13.6 Å². The van der Waals surface area contributed by atoms with Gasteiger partial charge in [0, 0.05) is 11.7 Å². The zero-order valence-corrected chi connectivity index (χ0v) is 11.6. The first-order valence-corrected chi connectivity index (χ1v) is 6.06. The summed E-state index contributed by atoms with van der Waals surface area (Å²) in [7, 11) is 0. The van der Waals surface area contributed by atoms with Gasteiger partial charge in [-0.25, -0.2) is 8.78 Å². The molecule has 2 N–H and O–H groups in total. The maximum absolute atomic E-state index is 12.2. The predicted molar refractivity (Wildman–Crippen MR) is 69.2 cm³/mol. The Morgan fingerprint density at radius 1 is 1.47 bits per heavy atom. The van der Waals surface area contributed by atoms with E-state index in [4.69, 9.17) is 0 Å². The average molecular weight is 274 g/mol. The van der Waals surface area contributed by atoms with E-state index in [0.29, 0.717) is 5.69 Å². The quantitative estimate of drug-likeness (QED) is 0.861. The molecule has 0 saturated carbocycles. The Morgan fingerprint density at radius 3 is 2.63 bits per heavy atom. The number of aromatic nitrogens is 2. The van der Waals surface area contributed by atoms with Gasteiger partial charge in [-0.3, -0.25) is 9.48 Å². The lowest BCUT2D eigenvalue weighted by molar-refractivity contribution is -0.122. The summed E-state index contributed by atoms with van der Waals surface area (Å²) in [4.78, 5) is 11.8. The van der Waals surface area contributed by atoms with Gasteiger partial charge in [-0.1, -0.05) is 0 Å². The second-order valence-electron chi connectivity index (χ2n) is 5.45. The van der Waals surface area contributed by atoms with Crippen molar-refractivity contribution in [2.45, 2.75) is 52.2 Å². The van der Waals surface area contributed by atoms with E-state index in [1.807, 2.05) is 20.8 Å². The van der Waals surface area contributed by atoms with E-state index in [1.54, 1.807) is 6.92 Å². The molecule has 1 heterocycles. The Labute approximate surface area is 111 Å². The zero-order chi connectivity index (χ0) is 14.6. The molecule has 0 aromatic carbocycles. The SMILES string of the molecule is C[C@@H](Nc1cnn(CC(F)F)c1)C(=O)NC(C)(C)C. The maximum atomic E-state index is 12.2. The molecule has 1 amide bonds. The van der Waals surface area contributed by atoms with Gasteiger partial charge in [0.1, 0.15) is 12.6 Å². The molecule has 19 heavy (non-hydrogen) atoms. The van der Waals surface area contributed by atoms with Gasteiger partial charge in [-0.15, -0.1) is 0 Å². The molecule has 0 saturated heterocycles. The highest BCUT2D eigenvalue weighted by Gasteiger charge is 2.19. The number of carbonyl (C=O) groups is 1. The molecule has 108 valence electrons. The Bertz CT molecular complexity index is 426. The van der Waals surface area contributed by atoms with E-state index in [-0.39, 0.29) is 11.4 Å². The summed E-state index contributed by atoms with van der Waals surface area (Å²) in [5.41, 5.74) is 0.226. The summed E-state index contributed by atoms with van der Waals surface area (Å²) in [5.74, 6) is -0.158. The molecule has 0 radical (unpaired) electrons. The first-order chi connectivity index (χ1) is 8.67. The van der Waals surface area contributed by atoms with E-state index >= 15 is 0 Å². The lowest BCUT2D eigenvalue weighted by atomic mass is 10.1. The number of hydrogen-bond acceptors (Lipinski definition) is 3. The summed E-state index contributed by atoms with van der Waals surface area (Å²) in [6.07, 6.45) is 0.422. The summed E-state index contributed by atoms with van der Waals surface area (Å²) in [6.45, 7) is 6.91. The molecule has 0 aliphatic rings. The molecule has 1 aromatic heterocycles. The van der Waals surface area contributed by atoms with Crippen LogP contribution < -0.4 is 10.6 Å². The van der Waals surface area contributed by atoms with Crippen molar-refractivity contribution in [1.82, 2.24) is 15.1 Å². The number of alkyl halides is 2. The third kappa shape index (κ3) is 5.67. The fraction of sp³-hybridized carbons (Fsp3) is 0.667. The van der Waals surface area contributed by atoms with Crippen LogP contribution in [0.15, 0.2) is 12.4 Å². The van der Waals surface area contributed by atoms with Crippen LogP contribution in [0.25, 0.3) is 0 Å². The predicted octanol–water partition coefficient (Wildman–Crippen LogP) is 1.86. The standard InChI is InChI=1S/C12H20F2N4O/c1-8(11(19)17-12(2,3)4)16-9-5-15-18(6-9)7-10(13)14/h5-6,8,10,16H,7H2,1-4H3,(H,17,19)/t8-/m1/s1. The minimum absolute atomic E-state index is 0.158. The molecular weight excluding hydrogens is 254 g/mol. The van der Waals surface area contributed by atoms with Crippen LogP contribution >= 0.6 is 0 Å². The third-order valence-electron chi connectivity index (χ3n) is 2.23. The summed E-state index contributed by atoms with van der Waals surface area (Å²) in [6, 6.07) is -0.469. The summed E-state index contributed by atoms with van der Waals surface area (Å²) >= 11 is 0. The highest BCUT2D eigenvalue weighted by molar-refractivity contribution is 5.84. The number of carbonyl (C=O) groups excluding carboxylic acids is 1. The van der Waals surface area contributed by atoms with Crippen LogP contribution in [-0.4, -0.2) is 33.7 Å². The number of rotatable bonds is 5. The molecule has 0 aliphatic heterocycles. The number of anilines is 1. The Kier molecular flexibility index (Phi) is 4.85. The number of amides is 1. The second-order valence-corrected chi connectivity index (χ2v) is 5.45. The Morgan fingerprint density at radius 2 is 2.11 bits per heavy atom. The normalized spacial score (nSPS) is 13.4. The molecule has 7 heteroatoms. The summed E-state index contributed by atoms with van der Waals surface area (Å²) < 4.78 is 25.5. The van der Waals surface area contributed by atoms with Crippen LogP contribution in [-0.2, 0) is 11.3 Å². The Hall–Kier alpha value is -1.66. The van der Waals surface area contributed by atoms with Crippen molar-refractivity contribution in [3.8, 4) is 0 Å². The first kappa shape index (κ1) is 15.4. The van der Waals surface area contributed by atoms with E-state index in [2.05, 4.69) is 15.7 Å². The lowest BCUT2D eigenvalue weighted by Gasteiger charge is -2.23. The van der Waals surface area contributed by atoms with Crippen LogP contribution in [0.4, 0.5) is 14.5 Å². The zero-order valence-electron chi connectivity index (χ0n) is 11.6. The largest absolute Gasteiger partial charge is 0.371 e. The fourth-order valence-corrected chi connectivity index (χ4v) is 1.47. The van der Waals surface area contributed by atoms with Gasteiger partial charge in [0.25, 0.3) is 6.43 Å². The number of nitrogens with zero attached hydrogens (tertiary/aromatic N) is 2. The lowest BCUT2D eigenvalue weighted by Crippen LogP contribution is -2.47. The molecule has 0 unspecified atom stereocenters.